The number of aliphatic hydroxyl groups is 1. The minimum Gasteiger partial charge on any atom is -0.392 e. The van der Waals surface area contributed by atoms with Crippen LogP contribution < -0.4 is 0 Å². The molecule has 0 aliphatic heterocycles. The van der Waals surface area contributed by atoms with Gasteiger partial charge in [0, 0.05) is 6.61 Å². The first-order chi connectivity index (χ1) is 9.57. The lowest BCUT2D eigenvalue weighted by atomic mass is 9.84. The van der Waals surface area contributed by atoms with Crippen molar-refractivity contribution in [3.63, 3.8) is 0 Å². The van der Waals surface area contributed by atoms with Crippen molar-refractivity contribution in [1.29, 1.82) is 0 Å². The molecule has 0 aromatic carbocycles. The van der Waals surface area contributed by atoms with E-state index >= 15 is 0 Å². The highest BCUT2D eigenvalue weighted by atomic mass is 16.5. The largest absolute Gasteiger partial charge is 0.392 e. The summed E-state index contributed by atoms with van der Waals surface area (Å²) < 4.78 is 11.3. The normalized spacial score (nSPS) is 20.2. The SMILES string of the molecule is CCOC1(c2noc(CC(O)C(C)C)n2)CCCCC1. The number of ether oxygens (including phenoxy) is 1. The van der Waals surface area contributed by atoms with Crippen molar-refractivity contribution in [3.05, 3.63) is 11.7 Å². The van der Waals surface area contributed by atoms with Gasteiger partial charge in [-0.05, 0) is 25.7 Å². The van der Waals surface area contributed by atoms with E-state index in [0.29, 0.717) is 24.7 Å². The maximum atomic E-state index is 9.91. The van der Waals surface area contributed by atoms with Gasteiger partial charge in [0.05, 0.1) is 12.5 Å². The van der Waals surface area contributed by atoms with Crippen molar-refractivity contribution in [3.8, 4) is 0 Å². The minimum atomic E-state index is -0.447. The van der Waals surface area contributed by atoms with Crippen LogP contribution in [0.25, 0.3) is 0 Å². The lowest BCUT2D eigenvalue weighted by Gasteiger charge is -2.33. The topological polar surface area (TPSA) is 68.4 Å². The molecule has 1 aromatic rings. The first-order valence-corrected chi connectivity index (χ1v) is 7.72. The number of aliphatic hydroxyl groups excluding tert-OH is 1. The Kier molecular flexibility index (Phi) is 5.16. The molecule has 5 nitrogen and oxygen atoms in total. The molecule has 20 heavy (non-hydrogen) atoms. The van der Waals surface area contributed by atoms with E-state index in [4.69, 9.17) is 9.26 Å². The summed E-state index contributed by atoms with van der Waals surface area (Å²) in [6, 6.07) is 0. The lowest BCUT2D eigenvalue weighted by molar-refractivity contribution is -0.0777. The van der Waals surface area contributed by atoms with Crippen LogP contribution in [0.4, 0.5) is 0 Å². The summed E-state index contributed by atoms with van der Waals surface area (Å²) >= 11 is 0. The summed E-state index contributed by atoms with van der Waals surface area (Å²) in [5.41, 5.74) is -0.377. The fraction of sp³-hybridized carbons (Fsp3) is 0.867. The van der Waals surface area contributed by atoms with E-state index in [-0.39, 0.29) is 11.5 Å². The Morgan fingerprint density at radius 3 is 2.60 bits per heavy atom. The Morgan fingerprint density at radius 2 is 2.00 bits per heavy atom. The van der Waals surface area contributed by atoms with Gasteiger partial charge in [-0.1, -0.05) is 38.3 Å². The van der Waals surface area contributed by atoms with Crippen LogP contribution in [0.15, 0.2) is 4.52 Å². The summed E-state index contributed by atoms with van der Waals surface area (Å²) in [5, 5.41) is 14.0. The van der Waals surface area contributed by atoms with Crippen molar-refractivity contribution < 1.29 is 14.4 Å². The summed E-state index contributed by atoms with van der Waals surface area (Å²) in [4.78, 5) is 4.48. The van der Waals surface area contributed by atoms with Crippen LogP contribution in [-0.4, -0.2) is 28.0 Å². The maximum Gasteiger partial charge on any atom is 0.229 e. The molecule has 0 saturated heterocycles. The van der Waals surface area contributed by atoms with E-state index in [2.05, 4.69) is 10.1 Å². The molecule has 1 atom stereocenters. The molecule has 1 heterocycles. The zero-order valence-electron chi connectivity index (χ0n) is 12.8. The molecule has 1 aliphatic carbocycles. The fourth-order valence-corrected chi connectivity index (χ4v) is 2.77. The molecule has 0 spiro atoms. The first-order valence-electron chi connectivity index (χ1n) is 7.72. The van der Waals surface area contributed by atoms with Crippen LogP contribution in [0.1, 0.15) is 64.6 Å². The van der Waals surface area contributed by atoms with E-state index in [1.807, 2.05) is 20.8 Å². The van der Waals surface area contributed by atoms with E-state index in [1.54, 1.807) is 0 Å². The molecule has 0 amide bonds. The second-order valence-corrected chi connectivity index (χ2v) is 6.02. The zero-order chi connectivity index (χ0) is 14.6. The molecule has 114 valence electrons. The van der Waals surface area contributed by atoms with E-state index < -0.39 is 6.10 Å². The van der Waals surface area contributed by atoms with Crippen molar-refractivity contribution in [2.45, 2.75) is 71.0 Å². The molecule has 1 aliphatic rings. The molecule has 0 bridgehead atoms. The molecule has 1 aromatic heterocycles. The van der Waals surface area contributed by atoms with Crippen LogP contribution in [0, 0.1) is 5.92 Å². The van der Waals surface area contributed by atoms with Gasteiger partial charge in [-0.3, -0.25) is 0 Å². The third kappa shape index (κ3) is 3.38. The van der Waals surface area contributed by atoms with E-state index in [1.165, 1.54) is 6.42 Å². The van der Waals surface area contributed by atoms with Crippen LogP contribution in [0.2, 0.25) is 0 Å². The van der Waals surface area contributed by atoms with Gasteiger partial charge in [0.15, 0.2) is 0 Å². The second-order valence-electron chi connectivity index (χ2n) is 6.02. The van der Waals surface area contributed by atoms with Gasteiger partial charge in [-0.15, -0.1) is 0 Å². The van der Waals surface area contributed by atoms with Crippen molar-refractivity contribution in [2.24, 2.45) is 5.92 Å². The van der Waals surface area contributed by atoms with Crippen LogP contribution in [-0.2, 0) is 16.8 Å². The van der Waals surface area contributed by atoms with E-state index in [0.717, 1.165) is 25.7 Å². The molecule has 1 saturated carbocycles. The molecule has 1 N–H and O–H groups in total. The summed E-state index contributed by atoms with van der Waals surface area (Å²) in [7, 11) is 0. The average molecular weight is 282 g/mol. The molecule has 1 unspecified atom stereocenters. The molecule has 0 radical (unpaired) electrons. The van der Waals surface area contributed by atoms with Gasteiger partial charge in [0.2, 0.25) is 11.7 Å². The highest BCUT2D eigenvalue weighted by Crippen LogP contribution is 2.39. The van der Waals surface area contributed by atoms with Crippen molar-refractivity contribution >= 4 is 0 Å². The van der Waals surface area contributed by atoms with Gasteiger partial charge in [0.25, 0.3) is 0 Å². The van der Waals surface area contributed by atoms with Gasteiger partial charge >= 0.3 is 0 Å². The number of hydrogen-bond donors (Lipinski definition) is 1. The predicted octanol–water partition coefficient (Wildman–Crippen LogP) is 2.82. The van der Waals surface area contributed by atoms with Gasteiger partial charge < -0.3 is 14.4 Å². The Hall–Kier alpha value is -0.940. The highest BCUT2D eigenvalue weighted by Gasteiger charge is 2.39. The van der Waals surface area contributed by atoms with Crippen LogP contribution in [0.5, 0.6) is 0 Å². The number of rotatable bonds is 6. The smallest absolute Gasteiger partial charge is 0.229 e. The summed E-state index contributed by atoms with van der Waals surface area (Å²) in [6.45, 7) is 6.61. The maximum absolute atomic E-state index is 9.91. The zero-order valence-corrected chi connectivity index (χ0v) is 12.8. The molecular weight excluding hydrogens is 256 g/mol. The summed E-state index contributed by atoms with van der Waals surface area (Å²) in [5.74, 6) is 1.34. The molecule has 5 heteroatoms. The molecule has 1 fully saturated rings. The number of nitrogens with zero attached hydrogens (tertiary/aromatic N) is 2. The number of hydrogen-bond acceptors (Lipinski definition) is 5. The average Bonchev–Trinajstić information content (AvgIpc) is 2.89. The fourth-order valence-electron chi connectivity index (χ4n) is 2.77. The summed E-state index contributed by atoms with van der Waals surface area (Å²) in [6.07, 6.45) is 5.38. The lowest BCUT2D eigenvalue weighted by Crippen LogP contribution is -2.33. The third-order valence-electron chi connectivity index (χ3n) is 4.11. The monoisotopic (exact) mass is 282 g/mol. The standard InChI is InChI=1S/C15H26N2O3/c1-4-19-15(8-6-5-7-9-15)14-16-13(20-17-14)10-12(18)11(2)3/h11-12,18H,4-10H2,1-3H3. The van der Waals surface area contributed by atoms with Gasteiger partial charge in [-0.25, -0.2) is 0 Å². The van der Waals surface area contributed by atoms with E-state index in [9.17, 15) is 5.11 Å². The Morgan fingerprint density at radius 1 is 1.30 bits per heavy atom. The number of aromatic nitrogens is 2. The molecule has 2 rings (SSSR count). The Labute approximate surface area is 120 Å². The first kappa shape index (κ1) is 15.4. The quantitative estimate of drug-likeness (QED) is 0.869. The predicted molar refractivity (Wildman–Crippen MR) is 75.2 cm³/mol. The third-order valence-corrected chi connectivity index (χ3v) is 4.11. The van der Waals surface area contributed by atoms with Crippen LogP contribution >= 0.6 is 0 Å². The van der Waals surface area contributed by atoms with Crippen molar-refractivity contribution in [2.75, 3.05) is 6.61 Å². The van der Waals surface area contributed by atoms with Crippen LogP contribution in [0.3, 0.4) is 0 Å². The highest BCUT2D eigenvalue weighted by molar-refractivity contribution is 5.04. The Balaban J connectivity index is 2.12. The molecular formula is C15H26N2O3. The Bertz CT molecular complexity index is 405. The van der Waals surface area contributed by atoms with Crippen molar-refractivity contribution in [1.82, 2.24) is 10.1 Å². The minimum absolute atomic E-state index is 0.181. The van der Waals surface area contributed by atoms with Gasteiger partial charge in [-0.2, -0.15) is 4.98 Å². The second kappa shape index (κ2) is 6.68. The van der Waals surface area contributed by atoms with Gasteiger partial charge in [0.1, 0.15) is 5.60 Å².